The van der Waals surface area contributed by atoms with E-state index in [1.807, 2.05) is 18.7 Å². The lowest BCUT2D eigenvalue weighted by molar-refractivity contribution is 0.458. The van der Waals surface area contributed by atoms with Gasteiger partial charge in [0.2, 0.25) is 0 Å². The van der Waals surface area contributed by atoms with Gasteiger partial charge < -0.3 is 10.6 Å². The van der Waals surface area contributed by atoms with Gasteiger partial charge in [-0.1, -0.05) is 15.9 Å². The topological polar surface area (TPSA) is 41.6 Å². The van der Waals surface area contributed by atoms with Crippen LogP contribution in [-0.4, -0.2) is 23.9 Å². The highest BCUT2D eigenvalue weighted by molar-refractivity contribution is 14.0. The number of rotatable bonds is 4. The number of hydrogen-bond donors (Lipinski definition) is 1. The summed E-state index contributed by atoms with van der Waals surface area (Å²) >= 11 is 3.30. The number of guanidine groups is 1. The van der Waals surface area contributed by atoms with Gasteiger partial charge in [-0.3, -0.25) is 0 Å². The van der Waals surface area contributed by atoms with Crippen LogP contribution in [-0.2, 0) is 6.54 Å². The Morgan fingerprint density at radius 1 is 1.39 bits per heavy atom. The monoisotopic (exact) mass is 429 g/mol. The standard InChI is InChI=1S/C12H17BrFN3.HI/c1-3-17(4-2)12(15)16-8-9-7-10(13)5-6-11(9)14;/h5-7H,3-4,8H2,1-2H3,(H2,15,16);1H. The molecule has 0 atom stereocenters. The van der Waals surface area contributed by atoms with Crippen LogP contribution in [0.15, 0.2) is 27.7 Å². The molecule has 0 aliphatic rings. The quantitative estimate of drug-likeness (QED) is 0.453. The molecule has 102 valence electrons. The van der Waals surface area contributed by atoms with Gasteiger partial charge in [0.05, 0.1) is 6.54 Å². The maximum Gasteiger partial charge on any atom is 0.191 e. The van der Waals surface area contributed by atoms with Crippen LogP contribution < -0.4 is 5.73 Å². The Labute approximate surface area is 133 Å². The van der Waals surface area contributed by atoms with Crippen LogP contribution in [0.3, 0.4) is 0 Å². The number of benzene rings is 1. The first kappa shape index (κ1) is 17.6. The molecule has 0 aliphatic heterocycles. The summed E-state index contributed by atoms with van der Waals surface area (Å²) in [6.45, 7) is 5.87. The Hall–Kier alpha value is -0.370. The molecule has 1 rings (SSSR count). The second-order valence-corrected chi connectivity index (χ2v) is 4.50. The van der Waals surface area contributed by atoms with E-state index < -0.39 is 0 Å². The third-order valence-corrected chi connectivity index (χ3v) is 3.00. The largest absolute Gasteiger partial charge is 0.370 e. The van der Waals surface area contributed by atoms with Crippen LogP contribution in [0.4, 0.5) is 4.39 Å². The van der Waals surface area contributed by atoms with Gasteiger partial charge in [-0.2, -0.15) is 0 Å². The van der Waals surface area contributed by atoms with E-state index in [1.165, 1.54) is 6.07 Å². The van der Waals surface area contributed by atoms with Crippen LogP contribution in [0.1, 0.15) is 19.4 Å². The SMILES string of the molecule is CCN(CC)C(N)=NCc1cc(Br)ccc1F.I. The fourth-order valence-corrected chi connectivity index (χ4v) is 1.89. The summed E-state index contributed by atoms with van der Waals surface area (Å²) < 4.78 is 14.3. The minimum atomic E-state index is -0.260. The van der Waals surface area contributed by atoms with E-state index in [1.54, 1.807) is 12.1 Å². The Morgan fingerprint density at radius 3 is 2.56 bits per heavy atom. The average Bonchev–Trinajstić information content (AvgIpc) is 2.32. The van der Waals surface area contributed by atoms with Crippen molar-refractivity contribution in [3.8, 4) is 0 Å². The molecule has 0 unspecified atom stereocenters. The summed E-state index contributed by atoms with van der Waals surface area (Å²) in [5.74, 6) is 0.193. The summed E-state index contributed by atoms with van der Waals surface area (Å²) in [6, 6.07) is 4.80. The fraction of sp³-hybridized carbons (Fsp3) is 0.417. The minimum Gasteiger partial charge on any atom is -0.370 e. The van der Waals surface area contributed by atoms with Gasteiger partial charge in [0, 0.05) is 23.1 Å². The highest BCUT2D eigenvalue weighted by Crippen LogP contribution is 2.16. The molecule has 0 bridgehead atoms. The Morgan fingerprint density at radius 2 is 2.00 bits per heavy atom. The van der Waals surface area contributed by atoms with Crippen LogP contribution in [0.2, 0.25) is 0 Å². The highest BCUT2D eigenvalue weighted by atomic mass is 127. The first-order chi connectivity index (χ1) is 8.08. The van der Waals surface area contributed by atoms with E-state index in [2.05, 4.69) is 20.9 Å². The van der Waals surface area contributed by atoms with Crippen molar-refractivity contribution in [3.05, 3.63) is 34.1 Å². The van der Waals surface area contributed by atoms with E-state index in [4.69, 9.17) is 5.73 Å². The van der Waals surface area contributed by atoms with Crippen molar-refractivity contribution < 1.29 is 4.39 Å². The molecule has 0 spiro atoms. The molecule has 0 saturated carbocycles. The van der Waals surface area contributed by atoms with Crippen molar-refractivity contribution in [2.24, 2.45) is 10.7 Å². The van der Waals surface area contributed by atoms with Gasteiger partial charge in [0.25, 0.3) is 0 Å². The van der Waals surface area contributed by atoms with Crippen LogP contribution in [0.25, 0.3) is 0 Å². The predicted molar refractivity (Wildman–Crippen MR) is 87.8 cm³/mol. The van der Waals surface area contributed by atoms with Gasteiger partial charge in [-0.25, -0.2) is 9.38 Å². The van der Waals surface area contributed by atoms with E-state index in [9.17, 15) is 4.39 Å². The van der Waals surface area contributed by atoms with E-state index >= 15 is 0 Å². The summed E-state index contributed by atoms with van der Waals surface area (Å²) in [6.07, 6.45) is 0. The molecule has 0 amide bonds. The van der Waals surface area contributed by atoms with Gasteiger partial charge in [-0.05, 0) is 32.0 Å². The van der Waals surface area contributed by atoms with Crippen LogP contribution in [0.5, 0.6) is 0 Å². The summed E-state index contributed by atoms with van der Waals surface area (Å²) in [7, 11) is 0. The molecule has 0 radical (unpaired) electrons. The zero-order chi connectivity index (χ0) is 12.8. The molecule has 0 heterocycles. The summed E-state index contributed by atoms with van der Waals surface area (Å²) in [5.41, 5.74) is 6.35. The highest BCUT2D eigenvalue weighted by Gasteiger charge is 2.05. The van der Waals surface area contributed by atoms with Crippen molar-refractivity contribution in [2.45, 2.75) is 20.4 Å². The molecule has 0 aliphatic carbocycles. The predicted octanol–water partition coefficient (Wildman–Crippen LogP) is 3.36. The van der Waals surface area contributed by atoms with Crippen molar-refractivity contribution in [1.82, 2.24) is 4.90 Å². The molecule has 2 N–H and O–H groups in total. The molecule has 6 heteroatoms. The van der Waals surface area contributed by atoms with Crippen molar-refractivity contribution in [3.63, 3.8) is 0 Å². The van der Waals surface area contributed by atoms with Crippen LogP contribution >= 0.6 is 39.9 Å². The van der Waals surface area contributed by atoms with Crippen molar-refractivity contribution in [2.75, 3.05) is 13.1 Å². The lowest BCUT2D eigenvalue weighted by atomic mass is 10.2. The van der Waals surface area contributed by atoms with Gasteiger partial charge >= 0.3 is 0 Å². The molecule has 0 aromatic heterocycles. The second-order valence-electron chi connectivity index (χ2n) is 3.58. The third kappa shape index (κ3) is 5.09. The molecular formula is C12H18BrFIN3. The zero-order valence-electron chi connectivity index (χ0n) is 10.5. The Balaban J connectivity index is 0.00000289. The van der Waals surface area contributed by atoms with Gasteiger partial charge in [0.15, 0.2) is 5.96 Å². The number of nitrogens with zero attached hydrogens (tertiary/aromatic N) is 2. The van der Waals surface area contributed by atoms with E-state index in [0.29, 0.717) is 11.5 Å². The number of aliphatic imine (C=N–C) groups is 1. The molecule has 1 aromatic rings. The zero-order valence-corrected chi connectivity index (χ0v) is 14.4. The Bertz CT molecular complexity index is 408. The normalized spacial score (nSPS) is 11.0. The molecular weight excluding hydrogens is 412 g/mol. The second kappa shape index (κ2) is 8.68. The lowest BCUT2D eigenvalue weighted by Gasteiger charge is -2.19. The fourth-order valence-electron chi connectivity index (χ4n) is 1.48. The number of nitrogens with two attached hydrogens (primary N) is 1. The minimum absolute atomic E-state index is 0. The van der Waals surface area contributed by atoms with Gasteiger partial charge in [-0.15, -0.1) is 24.0 Å². The first-order valence-electron chi connectivity index (χ1n) is 5.57. The van der Waals surface area contributed by atoms with Crippen molar-refractivity contribution >= 4 is 45.9 Å². The molecule has 18 heavy (non-hydrogen) atoms. The molecule has 1 aromatic carbocycles. The van der Waals surface area contributed by atoms with Gasteiger partial charge in [0.1, 0.15) is 5.82 Å². The maximum absolute atomic E-state index is 13.4. The lowest BCUT2D eigenvalue weighted by Crippen LogP contribution is -2.37. The number of hydrogen-bond acceptors (Lipinski definition) is 1. The summed E-state index contributed by atoms with van der Waals surface area (Å²) in [4.78, 5) is 6.12. The molecule has 0 fully saturated rings. The summed E-state index contributed by atoms with van der Waals surface area (Å²) in [5, 5.41) is 0. The van der Waals surface area contributed by atoms with Crippen LogP contribution in [0, 0.1) is 5.82 Å². The number of halogens is 3. The average molecular weight is 430 g/mol. The maximum atomic E-state index is 13.4. The Kier molecular flexibility index (Phi) is 8.51. The molecule has 3 nitrogen and oxygen atoms in total. The smallest absolute Gasteiger partial charge is 0.191 e. The molecule has 0 saturated heterocycles. The third-order valence-electron chi connectivity index (χ3n) is 2.51. The first-order valence-corrected chi connectivity index (χ1v) is 6.36. The van der Waals surface area contributed by atoms with Crippen molar-refractivity contribution in [1.29, 1.82) is 0 Å². The van der Waals surface area contributed by atoms with E-state index in [-0.39, 0.29) is 36.3 Å². The van der Waals surface area contributed by atoms with E-state index in [0.717, 1.165) is 17.6 Å².